The number of rotatable bonds is 6. The average Bonchev–Trinajstić information content (AvgIpc) is 2.60. The molecule has 0 fully saturated rings. The summed E-state index contributed by atoms with van der Waals surface area (Å²) in [5.41, 5.74) is 6.73. The molecule has 0 N–H and O–H groups in total. The van der Waals surface area contributed by atoms with E-state index in [1.807, 2.05) is 0 Å². The zero-order chi connectivity index (χ0) is 17.8. The summed E-state index contributed by atoms with van der Waals surface area (Å²) in [6.07, 6.45) is 4.36. The molecule has 2 aromatic carbocycles. The lowest BCUT2D eigenvalue weighted by atomic mass is 10.1. The summed E-state index contributed by atoms with van der Waals surface area (Å²) in [5.74, 6) is 0. The van der Waals surface area contributed by atoms with E-state index in [2.05, 4.69) is 111 Å². The van der Waals surface area contributed by atoms with E-state index in [0.29, 0.717) is 0 Å². The summed E-state index contributed by atoms with van der Waals surface area (Å²) in [7, 11) is -2.91. The van der Waals surface area contributed by atoms with Gasteiger partial charge in [0, 0.05) is 0 Å². The summed E-state index contributed by atoms with van der Waals surface area (Å²) in [4.78, 5) is 0. The Kier molecular flexibility index (Phi) is 5.63. The maximum absolute atomic E-state index is 3.98. The van der Waals surface area contributed by atoms with Crippen LogP contribution in [0, 0.1) is 0 Å². The van der Waals surface area contributed by atoms with Crippen molar-refractivity contribution in [3.8, 4) is 0 Å². The molecule has 0 saturated heterocycles. The van der Waals surface area contributed by atoms with E-state index >= 15 is 0 Å². The lowest BCUT2D eigenvalue weighted by Crippen LogP contribution is -2.39. The third-order valence-corrected chi connectivity index (χ3v) is 10.5. The Morgan fingerprint density at radius 3 is 1.12 bits per heavy atom. The third kappa shape index (κ3) is 4.34. The van der Waals surface area contributed by atoms with E-state index in [4.69, 9.17) is 0 Å². The second kappa shape index (κ2) is 7.33. The maximum Gasteiger partial charge on any atom is 0.103 e. The Morgan fingerprint density at radius 1 is 0.583 bits per heavy atom. The summed E-state index contributed by atoms with van der Waals surface area (Å²) in [6, 6.07) is 17.8. The van der Waals surface area contributed by atoms with Gasteiger partial charge < -0.3 is 0 Å². The minimum atomic E-state index is -1.46. The smallest absolute Gasteiger partial charge is 0.103 e. The highest BCUT2D eigenvalue weighted by atomic mass is 28.3. The van der Waals surface area contributed by atoms with Crippen molar-refractivity contribution in [1.29, 1.82) is 0 Å². The largest absolute Gasteiger partial charge is 0.107 e. The summed E-state index contributed by atoms with van der Waals surface area (Å²) in [6.45, 7) is 17.2. The molecule has 0 bridgehead atoms. The van der Waals surface area contributed by atoms with Crippen molar-refractivity contribution >= 4 is 38.7 Å². The van der Waals surface area contributed by atoms with Gasteiger partial charge in [0.15, 0.2) is 0 Å². The van der Waals surface area contributed by atoms with Crippen LogP contribution in [0.15, 0.2) is 73.1 Å². The first-order valence-electron chi connectivity index (χ1n) is 8.45. The number of hydrogen-bond donors (Lipinski definition) is 0. The molecule has 0 atom stereocenters. The van der Waals surface area contributed by atoms with E-state index in [0.717, 1.165) is 0 Å². The van der Waals surface area contributed by atoms with Crippen molar-refractivity contribution in [2.24, 2.45) is 0 Å². The van der Waals surface area contributed by atoms with E-state index in [1.54, 1.807) is 0 Å². The quantitative estimate of drug-likeness (QED) is 0.501. The molecule has 0 spiro atoms. The molecule has 0 aromatic heterocycles. The van der Waals surface area contributed by atoms with E-state index in [9.17, 15) is 0 Å². The molecule has 0 radical (unpaired) electrons. The third-order valence-electron chi connectivity index (χ3n) is 4.80. The lowest BCUT2D eigenvalue weighted by molar-refractivity contribution is 1.65. The number of benzene rings is 2. The van der Waals surface area contributed by atoms with Crippen LogP contribution >= 0.6 is 0 Å². The minimum Gasteiger partial charge on any atom is -0.107 e. The molecule has 2 aromatic rings. The molecule has 2 rings (SSSR count). The molecule has 0 amide bonds. The SMILES string of the molecule is C=C[Si](C)(C)c1ccc(/C=C/c2ccc([Si](C)(C)C=C)cc2)cc1. The molecule has 0 nitrogen and oxygen atoms in total. The van der Waals surface area contributed by atoms with Gasteiger partial charge in [-0.3, -0.25) is 0 Å². The van der Waals surface area contributed by atoms with Crippen LogP contribution in [-0.2, 0) is 0 Å². The van der Waals surface area contributed by atoms with Gasteiger partial charge in [0.25, 0.3) is 0 Å². The van der Waals surface area contributed by atoms with Gasteiger partial charge in [0.2, 0.25) is 0 Å². The Hall–Kier alpha value is -1.91. The minimum absolute atomic E-state index is 1.23. The van der Waals surface area contributed by atoms with Crippen LogP contribution in [0.2, 0.25) is 26.2 Å². The van der Waals surface area contributed by atoms with Crippen LogP contribution < -0.4 is 10.4 Å². The molecular weight excluding hydrogens is 320 g/mol. The predicted octanol–water partition coefficient (Wildman–Crippen LogP) is 5.14. The van der Waals surface area contributed by atoms with Crippen LogP contribution in [-0.4, -0.2) is 16.1 Å². The van der Waals surface area contributed by atoms with Gasteiger partial charge >= 0.3 is 0 Å². The van der Waals surface area contributed by atoms with E-state index in [1.165, 1.54) is 21.5 Å². The normalized spacial score (nSPS) is 12.3. The summed E-state index contributed by atoms with van der Waals surface area (Å²) >= 11 is 0. The van der Waals surface area contributed by atoms with Gasteiger partial charge in [-0.25, -0.2) is 0 Å². The molecule has 0 unspecified atom stereocenters. The molecule has 2 heteroatoms. The first-order valence-corrected chi connectivity index (χ1v) is 14.6. The van der Waals surface area contributed by atoms with E-state index < -0.39 is 16.1 Å². The molecule has 0 aliphatic heterocycles. The van der Waals surface area contributed by atoms with Gasteiger partial charge in [0.05, 0.1) is 0 Å². The maximum atomic E-state index is 3.98. The lowest BCUT2D eigenvalue weighted by Gasteiger charge is -2.18. The second-order valence-corrected chi connectivity index (χ2v) is 16.3. The Bertz CT molecular complexity index is 667. The number of hydrogen-bond acceptors (Lipinski definition) is 0. The fraction of sp³-hybridized carbons (Fsp3) is 0.182. The molecule has 124 valence electrons. The van der Waals surface area contributed by atoms with Crippen molar-refractivity contribution in [2.75, 3.05) is 0 Å². The van der Waals surface area contributed by atoms with Crippen LogP contribution in [0.4, 0.5) is 0 Å². The highest BCUT2D eigenvalue weighted by Crippen LogP contribution is 2.11. The first-order chi connectivity index (χ1) is 11.3. The van der Waals surface area contributed by atoms with Crippen molar-refractivity contribution < 1.29 is 0 Å². The van der Waals surface area contributed by atoms with Gasteiger partial charge in [-0.15, -0.1) is 13.2 Å². The summed E-state index contributed by atoms with van der Waals surface area (Å²) in [5, 5.41) is 2.85. The Labute approximate surface area is 149 Å². The van der Waals surface area contributed by atoms with Crippen LogP contribution in [0.5, 0.6) is 0 Å². The highest BCUT2D eigenvalue weighted by Gasteiger charge is 2.19. The second-order valence-electron chi connectivity index (χ2n) is 7.43. The fourth-order valence-electron chi connectivity index (χ4n) is 2.48. The van der Waals surface area contributed by atoms with Crippen molar-refractivity contribution in [3.05, 3.63) is 84.2 Å². The van der Waals surface area contributed by atoms with Crippen molar-refractivity contribution in [2.45, 2.75) is 26.2 Å². The molecule has 0 heterocycles. The molecule has 0 aliphatic carbocycles. The molecule has 0 saturated carbocycles. The molecule has 0 aliphatic rings. The Balaban J connectivity index is 2.14. The average molecular weight is 349 g/mol. The molecular formula is C22H28Si2. The van der Waals surface area contributed by atoms with Crippen LogP contribution in [0.25, 0.3) is 12.2 Å². The van der Waals surface area contributed by atoms with Gasteiger partial charge in [-0.2, -0.15) is 0 Å². The monoisotopic (exact) mass is 348 g/mol. The molecule has 24 heavy (non-hydrogen) atoms. The highest BCUT2D eigenvalue weighted by molar-refractivity contribution is 6.94. The first kappa shape index (κ1) is 18.4. The van der Waals surface area contributed by atoms with Gasteiger partial charge in [0.1, 0.15) is 16.1 Å². The predicted molar refractivity (Wildman–Crippen MR) is 116 cm³/mol. The van der Waals surface area contributed by atoms with Crippen LogP contribution in [0.3, 0.4) is 0 Å². The fourth-order valence-corrected chi connectivity index (χ4v) is 5.00. The zero-order valence-electron chi connectivity index (χ0n) is 15.3. The van der Waals surface area contributed by atoms with Gasteiger partial charge in [-0.05, 0) is 11.1 Å². The zero-order valence-corrected chi connectivity index (χ0v) is 17.3. The standard InChI is InChI=1S/C22H28Si2/c1-7-23(3,4)21-15-11-19(12-16-21)9-10-20-13-17-22(18-14-20)24(5,6)8-2/h7-18H,1-2H2,3-6H3/b10-9+. The van der Waals surface area contributed by atoms with Crippen molar-refractivity contribution in [3.63, 3.8) is 0 Å². The van der Waals surface area contributed by atoms with Gasteiger partial charge in [-0.1, -0.05) is 109 Å². The van der Waals surface area contributed by atoms with Crippen LogP contribution in [0.1, 0.15) is 11.1 Å². The van der Waals surface area contributed by atoms with Crippen molar-refractivity contribution in [1.82, 2.24) is 0 Å². The van der Waals surface area contributed by atoms with E-state index in [-0.39, 0.29) is 0 Å². The topological polar surface area (TPSA) is 0 Å². The summed E-state index contributed by atoms with van der Waals surface area (Å²) < 4.78 is 0. The Morgan fingerprint density at radius 2 is 0.875 bits per heavy atom.